The predicted octanol–water partition coefficient (Wildman–Crippen LogP) is 1.52. The molecule has 8 nitrogen and oxygen atoms in total. The van der Waals surface area contributed by atoms with E-state index in [1.807, 2.05) is 11.8 Å². The van der Waals surface area contributed by atoms with Crippen molar-refractivity contribution in [2.75, 3.05) is 27.2 Å². The quantitative estimate of drug-likeness (QED) is 0.388. The average Bonchev–Trinajstić information content (AvgIpc) is 3.68. The number of methoxy groups -OCH3 is 2. The summed E-state index contributed by atoms with van der Waals surface area (Å²) in [5.74, 6) is 0.342. The smallest absolute Gasteiger partial charge is 0.426 e. The number of nitrogens with zero attached hydrogens (tertiary/aromatic N) is 1. The molecular formula is C23H41BN2O6. The lowest BCUT2D eigenvalue weighted by atomic mass is 9.79. The molecule has 3 aliphatic rings. The Kier molecular flexibility index (Phi) is 7.64. The van der Waals surface area contributed by atoms with E-state index in [1.54, 1.807) is 14.2 Å². The van der Waals surface area contributed by atoms with Gasteiger partial charge in [-0.2, -0.15) is 0 Å². The summed E-state index contributed by atoms with van der Waals surface area (Å²) in [5, 5.41) is 20.9. The molecule has 0 radical (unpaired) electrons. The van der Waals surface area contributed by atoms with Gasteiger partial charge in [0.25, 0.3) is 0 Å². The van der Waals surface area contributed by atoms with Crippen LogP contribution in [0.1, 0.15) is 72.1 Å². The third-order valence-corrected chi connectivity index (χ3v) is 8.68. The van der Waals surface area contributed by atoms with Crippen LogP contribution in [0.5, 0.6) is 0 Å². The van der Waals surface area contributed by atoms with Crippen LogP contribution in [0.25, 0.3) is 0 Å². The fourth-order valence-electron chi connectivity index (χ4n) is 6.32. The molecule has 1 aliphatic heterocycles. The van der Waals surface area contributed by atoms with Crippen LogP contribution in [0.3, 0.4) is 0 Å². The van der Waals surface area contributed by atoms with Crippen LogP contribution in [-0.4, -0.2) is 78.8 Å². The maximum atomic E-state index is 13.6. The number of likely N-dealkylation sites (tertiary alicyclic amines) is 1. The Bertz CT molecular complexity index is 696. The molecule has 1 heterocycles. The Balaban J connectivity index is 1.76. The lowest BCUT2D eigenvalue weighted by Gasteiger charge is -2.45. The fourth-order valence-corrected chi connectivity index (χ4v) is 6.32. The Labute approximate surface area is 192 Å². The molecule has 0 aromatic carbocycles. The van der Waals surface area contributed by atoms with E-state index in [0.717, 1.165) is 32.1 Å². The zero-order valence-corrected chi connectivity index (χ0v) is 20.4. The zero-order chi connectivity index (χ0) is 23.7. The number of nitrogens with one attached hydrogen (secondary N) is 1. The SMILES string of the molecule is CC[C@H](C)C1([C@@H](CC(=O)N2CCCC2(C)[C@H](OC)C2(C(=O)NCB(O)O)CC2)OC)CC1. The number of ether oxygens (including phenoxy) is 2. The Morgan fingerprint density at radius 2 is 1.78 bits per heavy atom. The van der Waals surface area contributed by atoms with E-state index in [0.29, 0.717) is 31.7 Å². The second-order valence-corrected chi connectivity index (χ2v) is 10.4. The molecule has 2 aliphatic carbocycles. The number of carbonyl (C=O) groups excluding carboxylic acids is 2. The highest BCUT2D eigenvalue weighted by Crippen LogP contribution is 2.58. The van der Waals surface area contributed by atoms with Crippen LogP contribution in [0.2, 0.25) is 0 Å². The molecule has 3 rings (SSSR count). The molecular weight excluding hydrogens is 411 g/mol. The molecule has 1 saturated heterocycles. The topological polar surface area (TPSA) is 108 Å². The molecule has 2 saturated carbocycles. The minimum Gasteiger partial charge on any atom is -0.426 e. The summed E-state index contributed by atoms with van der Waals surface area (Å²) in [7, 11) is 1.72. The first-order valence-electron chi connectivity index (χ1n) is 12.1. The second kappa shape index (κ2) is 9.61. The molecule has 32 heavy (non-hydrogen) atoms. The van der Waals surface area contributed by atoms with Crippen LogP contribution < -0.4 is 5.32 Å². The minimum absolute atomic E-state index is 0.0652. The molecule has 182 valence electrons. The Hall–Kier alpha value is -1.16. The predicted molar refractivity (Wildman–Crippen MR) is 122 cm³/mol. The van der Waals surface area contributed by atoms with Crippen molar-refractivity contribution < 1.29 is 29.1 Å². The van der Waals surface area contributed by atoms with Crippen LogP contribution in [-0.2, 0) is 19.1 Å². The summed E-state index contributed by atoms with van der Waals surface area (Å²) in [6.45, 7) is 7.12. The number of hydrogen-bond donors (Lipinski definition) is 3. The molecule has 1 unspecified atom stereocenters. The van der Waals surface area contributed by atoms with Crippen LogP contribution in [0, 0.1) is 16.7 Å². The highest BCUT2D eigenvalue weighted by molar-refractivity contribution is 6.41. The van der Waals surface area contributed by atoms with E-state index in [2.05, 4.69) is 19.2 Å². The van der Waals surface area contributed by atoms with E-state index in [1.165, 1.54) is 0 Å². The van der Waals surface area contributed by atoms with Crippen LogP contribution >= 0.6 is 0 Å². The van der Waals surface area contributed by atoms with Crippen molar-refractivity contribution in [2.45, 2.75) is 89.9 Å². The van der Waals surface area contributed by atoms with E-state index < -0.39 is 24.2 Å². The van der Waals surface area contributed by atoms with Gasteiger partial charge in [-0.05, 0) is 56.8 Å². The summed E-state index contributed by atoms with van der Waals surface area (Å²) < 4.78 is 11.8. The monoisotopic (exact) mass is 452 g/mol. The van der Waals surface area contributed by atoms with Crippen molar-refractivity contribution >= 4 is 18.9 Å². The van der Waals surface area contributed by atoms with Gasteiger partial charge in [0.1, 0.15) is 0 Å². The number of rotatable bonds is 12. The van der Waals surface area contributed by atoms with Gasteiger partial charge < -0.3 is 29.7 Å². The Morgan fingerprint density at radius 3 is 2.25 bits per heavy atom. The van der Waals surface area contributed by atoms with Crippen LogP contribution in [0.4, 0.5) is 0 Å². The van der Waals surface area contributed by atoms with Crippen molar-refractivity contribution in [1.29, 1.82) is 0 Å². The second-order valence-electron chi connectivity index (χ2n) is 10.4. The minimum atomic E-state index is -1.60. The van der Waals surface area contributed by atoms with Gasteiger partial charge >= 0.3 is 7.12 Å². The van der Waals surface area contributed by atoms with Crippen molar-refractivity contribution in [3.63, 3.8) is 0 Å². The van der Waals surface area contributed by atoms with Crippen molar-refractivity contribution in [3.05, 3.63) is 0 Å². The van der Waals surface area contributed by atoms with Gasteiger partial charge in [-0.15, -0.1) is 0 Å². The standard InChI is InChI=1S/C23H41BN2O6/c1-6-16(2)22(9-10-22)17(31-4)14-18(27)26-13-7-8-21(26,3)19(32-5)23(11-12-23)20(28)25-15-24(29)30/h16-17,19,29-30H,6-15H2,1-5H3,(H,25,28)/t16-,17+,19-,21?/m0/s1. The van der Waals surface area contributed by atoms with Gasteiger partial charge in [0, 0.05) is 20.8 Å². The summed E-state index contributed by atoms with van der Waals surface area (Å²) in [6.07, 6.45) is 5.81. The third-order valence-electron chi connectivity index (χ3n) is 8.68. The molecule has 0 aromatic rings. The highest BCUT2D eigenvalue weighted by atomic mass is 16.5. The van der Waals surface area contributed by atoms with Gasteiger partial charge in [-0.25, -0.2) is 0 Å². The van der Waals surface area contributed by atoms with Gasteiger partial charge in [-0.1, -0.05) is 20.3 Å². The zero-order valence-electron chi connectivity index (χ0n) is 20.4. The maximum Gasteiger partial charge on any atom is 0.472 e. The van der Waals surface area contributed by atoms with Crippen LogP contribution in [0.15, 0.2) is 0 Å². The van der Waals surface area contributed by atoms with Gasteiger partial charge in [0.05, 0.1) is 36.0 Å². The molecule has 9 heteroatoms. The summed E-state index contributed by atoms with van der Waals surface area (Å²) >= 11 is 0. The maximum absolute atomic E-state index is 13.6. The lowest BCUT2D eigenvalue weighted by Crippen LogP contribution is -2.60. The normalized spacial score (nSPS) is 28.0. The van der Waals surface area contributed by atoms with Gasteiger partial charge in [-0.3, -0.25) is 9.59 Å². The molecule has 0 bridgehead atoms. The largest absolute Gasteiger partial charge is 0.472 e. The molecule has 2 amide bonds. The van der Waals surface area contributed by atoms with E-state index in [4.69, 9.17) is 19.5 Å². The molecule has 0 spiro atoms. The first-order chi connectivity index (χ1) is 15.1. The van der Waals surface area contributed by atoms with Gasteiger partial charge in [0.15, 0.2) is 0 Å². The lowest BCUT2D eigenvalue weighted by molar-refractivity contribution is -0.153. The Morgan fingerprint density at radius 1 is 1.12 bits per heavy atom. The first-order valence-corrected chi connectivity index (χ1v) is 12.1. The number of carbonyl (C=O) groups is 2. The third kappa shape index (κ3) is 4.46. The average molecular weight is 452 g/mol. The molecule has 0 aromatic heterocycles. The van der Waals surface area contributed by atoms with E-state index in [-0.39, 0.29) is 29.8 Å². The number of hydrogen-bond acceptors (Lipinski definition) is 6. The van der Waals surface area contributed by atoms with Crippen molar-refractivity contribution in [3.8, 4) is 0 Å². The number of amides is 2. The summed E-state index contributed by atoms with van der Waals surface area (Å²) in [6, 6.07) is 0. The molecule has 4 atom stereocenters. The first kappa shape index (κ1) is 25.5. The summed E-state index contributed by atoms with van der Waals surface area (Å²) in [5.41, 5.74) is -1.24. The fraction of sp³-hybridized carbons (Fsp3) is 0.913. The highest BCUT2D eigenvalue weighted by Gasteiger charge is 2.64. The molecule has 3 fully saturated rings. The van der Waals surface area contributed by atoms with E-state index >= 15 is 0 Å². The van der Waals surface area contributed by atoms with E-state index in [9.17, 15) is 9.59 Å². The summed E-state index contributed by atoms with van der Waals surface area (Å²) in [4.78, 5) is 28.5. The molecule has 3 N–H and O–H groups in total. The van der Waals surface area contributed by atoms with Gasteiger partial charge in [0.2, 0.25) is 11.8 Å². The van der Waals surface area contributed by atoms with Crippen molar-refractivity contribution in [1.82, 2.24) is 10.2 Å². The van der Waals surface area contributed by atoms with Crippen molar-refractivity contribution in [2.24, 2.45) is 16.7 Å².